The third-order valence-corrected chi connectivity index (χ3v) is 6.32. The van der Waals surface area contributed by atoms with Crippen LogP contribution in [-0.4, -0.2) is 38.4 Å². The molecule has 0 saturated carbocycles. The summed E-state index contributed by atoms with van der Waals surface area (Å²) < 4.78 is 2.38. The quantitative estimate of drug-likeness (QED) is 0.747. The Labute approximate surface area is 169 Å². The van der Waals surface area contributed by atoms with E-state index in [0.717, 1.165) is 43.6 Å². The molecule has 4 heterocycles. The maximum atomic E-state index is 13.0. The third kappa shape index (κ3) is 3.48. The average Bonchev–Trinajstić information content (AvgIpc) is 3.18. The first-order chi connectivity index (χ1) is 14.2. The molecule has 2 aliphatic rings. The number of hydrogen-bond acceptors (Lipinski definition) is 3. The fourth-order valence-electron chi connectivity index (χ4n) is 4.84. The molecule has 3 aromatic rings. The SMILES string of the molecule is O=C(Cc1cc2ccccc2c(=O)[nH]1)N1CCCC(c2ncc3n2CCCC3)C1. The number of likely N-dealkylation sites (tertiary alicyclic amines) is 1. The number of amides is 1. The van der Waals surface area contributed by atoms with Crippen molar-refractivity contribution in [3.63, 3.8) is 0 Å². The molecule has 2 aromatic heterocycles. The highest BCUT2D eigenvalue weighted by Crippen LogP contribution is 2.29. The van der Waals surface area contributed by atoms with E-state index in [1.54, 1.807) is 6.07 Å². The lowest BCUT2D eigenvalue weighted by molar-refractivity contribution is -0.131. The summed E-state index contributed by atoms with van der Waals surface area (Å²) in [5, 5.41) is 1.53. The van der Waals surface area contributed by atoms with Crippen molar-refractivity contribution in [1.29, 1.82) is 0 Å². The first kappa shape index (κ1) is 18.2. The normalized spacial score (nSPS) is 19.3. The number of aromatic nitrogens is 3. The molecule has 1 atom stereocenters. The van der Waals surface area contributed by atoms with Crippen LogP contribution in [0.3, 0.4) is 0 Å². The highest BCUT2D eigenvalue weighted by Gasteiger charge is 2.29. The second-order valence-electron chi connectivity index (χ2n) is 8.28. The number of nitrogens with one attached hydrogen (secondary N) is 1. The van der Waals surface area contributed by atoms with Gasteiger partial charge in [0, 0.05) is 48.5 Å². The van der Waals surface area contributed by atoms with Crippen molar-refractivity contribution in [3.05, 3.63) is 64.1 Å². The number of hydrogen-bond donors (Lipinski definition) is 1. The highest BCUT2D eigenvalue weighted by atomic mass is 16.2. The molecule has 6 nitrogen and oxygen atoms in total. The van der Waals surface area contributed by atoms with Gasteiger partial charge in [0.15, 0.2) is 0 Å². The Morgan fingerprint density at radius 3 is 3.00 bits per heavy atom. The van der Waals surface area contributed by atoms with Crippen LogP contribution in [0.25, 0.3) is 10.8 Å². The van der Waals surface area contributed by atoms with Gasteiger partial charge in [-0.2, -0.15) is 0 Å². The van der Waals surface area contributed by atoms with E-state index in [1.807, 2.05) is 35.4 Å². The van der Waals surface area contributed by atoms with Crippen LogP contribution in [0.4, 0.5) is 0 Å². The zero-order chi connectivity index (χ0) is 19.8. The summed E-state index contributed by atoms with van der Waals surface area (Å²) in [7, 11) is 0. The molecule has 1 N–H and O–H groups in total. The number of benzene rings is 1. The second kappa shape index (κ2) is 7.50. The number of pyridine rings is 1. The van der Waals surface area contributed by atoms with Crippen molar-refractivity contribution in [2.45, 2.75) is 51.0 Å². The molecule has 1 fully saturated rings. The minimum atomic E-state index is -0.133. The Hall–Kier alpha value is -2.89. The Morgan fingerprint density at radius 1 is 1.17 bits per heavy atom. The van der Waals surface area contributed by atoms with Gasteiger partial charge >= 0.3 is 0 Å². The van der Waals surface area contributed by atoms with Crippen LogP contribution >= 0.6 is 0 Å². The summed E-state index contributed by atoms with van der Waals surface area (Å²) in [6, 6.07) is 9.40. The van der Waals surface area contributed by atoms with E-state index >= 15 is 0 Å². The largest absolute Gasteiger partial charge is 0.342 e. The fraction of sp³-hybridized carbons (Fsp3) is 0.435. The number of carbonyl (C=O) groups excluding carboxylic acids is 1. The number of rotatable bonds is 3. The monoisotopic (exact) mass is 390 g/mol. The predicted octanol–water partition coefficient (Wildman–Crippen LogP) is 3.01. The highest BCUT2D eigenvalue weighted by molar-refractivity contribution is 5.84. The summed E-state index contributed by atoms with van der Waals surface area (Å²) in [4.78, 5) is 34.9. The third-order valence-electron chi connectivity index (χ3n) is 6.32. The van der Waals surface area contributed by atoms with Crippen molar-refractivity contribution < 1.29 is 4.79 Å². The van der Waals surface area contributed by atoms with E-state index in [9.17, 15) is 9.59 Å². The van der Waals surface area contributed by atoms with Gasteiger partial charge in [0.05, 0.1) is 6.42 Å². The molecule has 0 bridgehead atoms. The van der Waals surface area contributed by atoms with Gasteiger partial charge in [-0.25, -0.2) is 4.98 Å². The first-order valence-electron chi connectivity index (χ1n) is 10.6. The average molecular weight is 390 g/mol. The molecule has 29 heavy (non-hydrogen) atoms. The maximum Gasteiger partial charge on any atom is 0.256 e. The number of aromatic amines is 1. The van der Waals surface area contributed by atoms with Crippen molar-refractivity contribution in [2.24, 2.45) is 0 Å². The van der Waals surface area contributed by atoms with Crippen LogP contribution in [0.2, 0.25) is 0 Å². The second-order valence-corrected chi connectivity index (χ2v) is 8.28. The molecule has 1 unspecified atom stereocenters. The molecular weight excluding hydrogens is 364 g/mol. The Morgan fingerprint density at radius 2 is 2.07 bits per heavy atom. The molecule has 0 radical (unpaired) electrons. The van der Waals surface area contributed by atoms with E-state index in [1.165, 1.54) is 18.5 Å². The number of fused-ring (bicyclic) bond motifs is 2. The molecule has 6 heteroatoms. The van der Waals surface area contributed by atoms with Gasteiger partial charge in [-0.15, -0.1) is 0 Å². The van der Waals surface area contributed by atoms with Crippen LogP contribution < -0.4 is 5.56 Å². The van der Waals surface area contributed by atoms with E-state index < -0.39 is 0 Å². The first-order valence-corrected chi connectivity index (χ1v) is 10.6. The lowest BCUT2D eigenvalue weighted by Crippen LogP contribution is -2.41. The van der Waals surface area contributed by atoms with Crippen LogP contribution in [0.15, 0.2) is 41.3 Å². The van der Waals surface area contributed by atoms with Crippen LogP contribution in [0.5, 0.6) is 0 Å². The summed E-state index contributed by atoms with van der Waals surface area (Å²) in [5.41, 5.74) is 1.88. The molecule has 0 spiro atoms. The number of H-pyrrole nitrogens is 1. The Kier molecular flexibility index (Phi) is 4.70. The number of piperidine rings is 1. The molecule has 150 valence electrons. The minimum Gasteiger partial charge on any atom is -0.342 e. The summed E-state index contributed by atoms with van der Waals surface area (Å²) in [6.45, 7) is 2.54. The van der Waals surface area contributed by atoms with Gasteiger partial charge in [-0.3, -0.25) is 9.59 Å². The van der Waals surface area contributed by atoms with Crippen molar-refractivity contribution in [1.82, 2.24) is 19.4 Å². The Balaban J connectivity index is 1.33. The molecule has 1 saturated heterocycles. The standard InChI is InChI=1S/C23H26N4O2/c28-21(13-18-12-16-6-1-2-9-20(16)23(29)25-18)26-10-5-7-17(15-26)22-24-14-19-8-3-4-11-27(19)22/h1-2,6,9,12,14,17H,3-5,7-8,10-11,13,15H2,(H,25,29). The zero-order valence-electron chi connectivity index (χ0n) is 16.6. The lowest BCUT2D eigenvalue weighted by Gasteiger charge is -2.33. The molecular formula is C23H26N4O2. The van der Waals surface area contributed by atoms with E-state index in [-0.39, 0.29) is 17.9 Å². The van der Waals surface area contributed by atoms with Gasteiger partial charge in [-0.05, 0) is 49.6 Å². The topological polar surface area (TPSA) is 71.0 Å². The molecule has 1 amide bonds. The smallest absolute Gasteiger partial charge is 0.256 e. The number of carbonyl (C=O) groups is 1. The maximum absolute atomic E-state index is 13.0. The fourth-order valence-corrected chi connectivity index (χ4v) is 4.84. The van der Waals surface area contributed by atoms with E-state index in [0.29, 0.717) is 23.5 Å². The molecule has 5 rings (SSSR count). The zero-order valence-corrected chi connectivity index (χ0v) is 16.6. The van der Waals surface area contributed by atoms with Crippen LogP contribution in [0.1, 0.15) is 48.8 Å². The van der Waals surface area contributed by atoms with Gasteiger partial charge in [0.1, 0.15) is 5.82 Å². The van der Waals surface area contributed by atoms with E-state index in [2.05, 4.69) is 9.55 Å². The van der Waals surface area contributed by atoms with Gasteiger partial charge in [-0.1, -0.05) is 18.2 Å². The number of imidazole rings is 1. The summed E-state index contributed by atoms with van der Waals surface area (Å²) >= 11 is 0. The number of nitrogens with zero attached hydrogens (tertiary/aromatic N) is 3. The lowest BCUT2D eigenvalue weighted by atomic mass is 9.96. The molecule has 2 aliphatic heterocycles. The van der Waals surface area contributed by atoms with E-state index in [4.69, 9.17) is 4.98 Å². The van der Waals surface area contributed by atoms with Gasteiger partial charge in [0.25, 0.3) is 5.56 Å². The number of aryl methyl sites for hydroxylation is 1. The molecule has 0 aliphatic carbocycles. The van der Waals surface area contributed by atoms with Crippen LogP contribution in [-0.2, 0) is 24.2 Å². The van der Waals surface area contributed by atoms with Gasteiger partial charge < -0.3 is 14.5 Å². The minimum absolute atomic E-state index is 0.0751. The van der Waals surface area contributed by atoms with Crippen molar-refractivity contribution >= 4 is 16.7 Å². The summed E-state index contributed by atoms with van der Waals surface area (Å²) in [6.07, 6.45) is 7.88. The van der Waals surface area contributed by atoms with Crippen LogP contribution in [0, 0.1) is 0 Å². The van der Waals surface area contributed by atoms with Gasteiger partial charge in [0.2, 0.25) is 5.91 Å². The Bertz CT molecular complexity index is 1110. The van der Waals surface area contributed by atoms with Crippen molar-refractivity contribution in [3.8, 4) is 0 Å². The molecule has 1 aromatic carbocycles. The van der Waals surface area contributed by atoms with Crippen molar-refractivity contribution in [2.75, 3.05) is 13.1 Å². The summed E-state index contributed by atoms with van der Waals surface area (Å²) in [5.74, 6) is 1.53. The predicted molar refractivity (Wildman–Crippen MR) is 112 cm³/mol.